The molecule has 0 radical (unpaired) electrons. The number of benzene rings is 3. The summed E-state index contributed by atoms with van der Waals surface area (Å²) >= 11 is 0. The molecule has 10 heteroatoms. The zero-order valence-electron chi connectivity index (χ0n) is 18.0. The van der Waals surface area contributed by atoms with Gasteiger partial charge >= 0.3 is 0 Å². The molecule has 0 fully saturated rings. The Labute approximate surface area is 193 Å². The summed E-state index contributed by atoms with van der Waals surface area (Å²) in [5.41, 5.74) is 1.76. The van der Waals surface area contributed by atoms with Crippen molar-refractivity contribution in [3.8, 4) is 11.4 Å². The molecule has 170 valence electrons. The van der Waals surface area contributed by atoms with Gasteiger partial charge in [0.05, 0.1) is 29.0 Å². The van der Waals surface area contributed by atoms with Gasteiger partial charge < -0.3 is 15.4 Å². The summed E-state index contributed by atoms with van der Waals surface area (Å²) in [6, 6.07) is 20.8. The second-order valence-corrected chi connectivity index (χ2v) is 7.10. The van der Waals surface area contributed by atoms with Crippen LogP contribution >= 0.6 is 0 Å². The van der Waals surface area contributed by atoms with E-state index in [0.29, 0.717) is 22.8 Å². The highest BCUT2D eigenvalue weighted by molar-refractivity contribution is 6.12. The van der Waals surface area contributed by atoms with E-state index >= 15 is 0 Å². The highest BCUT2D eigenvalue weighted by Gasteiger charge is 2.16. The van der Waals surface area contributed by atoms with Crippen LogP contribution in [0.1, 0.15) is 20.8 Å². The van der Waals surface area contributed by atoms with Gasteiger partial charge in [0.1, 0.15) is 5.75 Å². The van der Waals surface area contributed by atoms with Crippen LogP contribution in [0, 0.1) is 10.1 Å². The van der Waals surface area contributed by atoms with Crippen LogP contribution in [0.25, 0.3) is 5.69 Å². The Morgan fingerprint density at radius 2 is 1.71 bits per heavy atom. The number of nitrogens with one attached hydrogen (secondary N) is 2. The van der Waals surface area contributed by atoms with Gasteiger partial charge in [0.15, 0.2) is 5.69 Å². The highest BCUT2D eigenvalue weighted by atomic mass is 16.6. The van der Waals surface area contributed by atoms with Crippen LogP contribution in [0.4, 0.5) is 17.1 Å². The fraction of sp³-hybridized carbons (Fsp3) is 0.0417. The summed E-state index contributed by atoms with van der Waals surface area (Å²) in [4.78, 5) is 36.0. The Kier molecular flexibility index (Phi) is 6.31. The number of hydrogen-bond acceptors (Lipinski definition) is 6. The van der Waals surface area contributed by atoms with Crippen LogP contribution in [0.3, 0.4) is 0 Å². The lowest BCUT2D eigenvalue weighted by Crippen LogP contribution is -2.18. The van der Waals surface area contributed by atoms with E-state index in [9.17, 15) is 19.7 Å². The number of ether oxygens (including phenoxy) is 1. The minimum Gasteiger partial charge on any atom is -0.497 e. The zero-order valence-corrected chi connectivity index (χ0v) is 18.0. The standard InChI is InChI=1S/C24H19N5O5/c1-34-19-6-4-5-16(15-19)25-23(30)20-7-2-3-8-21(20)26-24(31)22-13-14-28(27-22)17-9-11-18(12-10-17)29(32)33/h2-15H,1H3,(H,25,30)(H,26,31). The summed E-state index contributed by atoms with van der Waals surface area (Å²) in [7, 11) is 1.54. The van der Waals surface area contributed by atoms with E-state index in [1.54, 1.807) is 54.7 Å². The number of para-hydroxylation sites is 1. The maximum atomic E-state index is 12.8. The van der Waals surface area contributed by atoms with Gasteiger partial charge in [-0.3, -0.25) is 19.7 Å². The lowest BCUT2D eigenvalue weighted by atomic mass is 10.1. The Balaban J connectivity index is 1.50. The first kappa shape index (κ1) is 22.2. The van der Waals surface area contributed by atoms with Crippen LogP contribution in [0.2, 0.25) is 0 Å². The molecule has 4 rings (SSSR count). The highest BCUT2D eigenvalue weighted by Crippen LogP contribution is 2.21. The monoisotopic (exact) mass is 457 g/mol. The molecule has 0 aliphatic rings. The number of carbonyl (C=O) groups excluding carboxylic acids is 2. The van der Waals surface area contributed by atoms with E-state index in [1.807, 2.05) is 0 Å². The van der Waals surface area contributed by atoms with Crippen molar-refractivity contribution in [2.24, 2.45) is 0 Å². The van der Waals surface area contributed by atoms with E-state index in [-0.39, 0.29) is 16.9 Å². The van der Waals surface area contributed by atoms with Gasteiger partial charge in [-0.15, -0.1) is 0 Å². The van der Waals surface area contributed by atoms with Gasteiger partial charge in [-0.1, -0.05) is 18.2 Å². The smallest absolute Gasteiger partial charge is 0.276 e. The molecule has 3 aromatic carbocycles. The first-order chi connectivity index (χ1) is 16.4. The zero-order chi connectivity index (χ0) is 24.1. The molecule has 0 atom stereocenters. The number of rotatable bonds is 7. The van der Waals surface area contributed by atoms with Crippen molar-refractivity contribution in [2.45, 2.75) is 0 Å². The van der Waals surface area contributed by atoms with E-state index in [4.69, 9.17) is 4.74 Å². The van der Waals surface area contributed by atoms with Gasteiger partial charge in [0, 0.05) is 30.1 Å². The van der Waals surface area contributed by atoms with E-state index in [1.165, 1.54) is 42.1 Å². The number of carbonyl (C=O) groups is 2. The molecule has 4 aromatic rings. The third-order valence-corrected chi connectivity index (χ3v) is 4.89. The minimum atomic E-state index is -0.512. The number of non-ortho nitro benzene ring substituents is 1. The van der Waals surface area contributed by atoms with Crippen molar-refractivity contribution >= 4 is 28.9 Å². The van der Waals surface area contributed by atoms with Crippen molar-refractivity contribution in [3.05, 3.63) is 106 Å². The molecule has 10 nitrogen and oxygen atoms in total. The Hall–Kier alpha value is -4.99. The number of nitrogens with zero attached hydrogens (tertiary/aromatic N) is 3. The van der Waals surface area contributed by atoms with Crippen LogP contribution in [0.5, 0.6) is 5.75 Å². The van der Waals surface area contributed by atoms with Crippen molar-refractivity contribution in [3.63, 3.8) is 0 Å². The summed E-state index contributed by atoms with van der Waals surface area (Å²) in [5, 5.41) is 20.6. The molecule has 0 unspecified atom stereocenters. The topological polar surface area (TPSA) is 128 Å². The number of anilines is 2. The van der Waals surface area contributed by atoms with Crippen molar-refractivity contribution in [1.82, 2.24) is 9.78 Å². The maximum Gasteiger partial charge on any atom is 0.276 e. The Morgan fingerprint density at radius 3 is 2.44 bits per heavy atom. The molecule has 0 saturated carbocycles. The van der Waals surface area contributed by atoms with Gasteiger partial charge in [-0.05, 0) is 42.5 Å². The number of hydrogen-bond donors (Lipinski definition) is 2. The lowest BCUT2D eigenvalue weighted by molar-refractivity contribution is -0.384. The van der Waals surface area contributed by atoms with Gasteiger partial charge in [-0.25, -0.2) is 4.68 Å². The molecule has 0 aliphatic carbocycles. The second kappa shape index (κ2) is 9.65. The summed E-state index contributed by atoms with van der Waals surface area (Å²) in [6.07, 6.45) is 1.57. The molecule has 0 saturated heterocycles. The normalized spacial score (nSPS) is 10.4. The third kappa shape index (κ3) is 4.91. The first-order valence-corrected chi connectivity index (χ1v) is 10.1. The number of nitro groups is 1. The average Bonchev–Trinajstić information content (AvgIpc) is 3.35. The molecule has 1 heterocycles. The molecular formula is C24H19N5O5. The van der Waals surface area contributed by atoms with Gasteiger partial charge in [-0.2, -0.15) is 5.10 Å². The van der Waals surface area contributed by atoms with Crippen LogP contribution in [-0.4, -0.2) is 33.6 Å². The van der Waals surface area contributed by atoms with Crippen LogP contribution in [0.15, 0.2) is 85.1 Å². The van der Waals surface area contributed by atoms with E-state index in [2.05, 4.69) is 15.7 Å². The van der Waals surface area contributed by atoms with E-state index in [0.717, 1.165) is 0 Å². The SMILES string of the molecule is COc1cccc(NC(=O)c2ccccc2NC(=O)c2ccn(-c3ccc([N+](=O)[O-])cc3)n2)c1. The fourth-order valence-corrected chi connectivity index (χ4v) is 3.19. The minimum absolute atomic E-state index is 0.0438. The number of nitro benzene ring substituents is 1. The molecule has 0 spiro atoms. The number of methoxy groups -OCH3 is 1. The molecular weight excluding hydrogens is 438 g/mol. The van der Waals surface area contributed by atoms with Crippen molar-refractivity contribution < 1.29 is 19.2 Å². The largest absolute Gasteiger partial charge is 0.497 e. The molecule has 1 aromatic heterocycles. The van der Waals surface area contributed by atoms with Crippen LogP contribution < -0.4 is 15.4 Å². The molecule has 2 amide bonds. The number of aromatic nitrogens is 2. The second-order valence-electron chi connectivity index (χ2n) is 7.10. The Morgan fingerprint density at radius 1 is 0.941 bits per heavy atom. The summed E-state index contributed by atoms with van der Waals surface area (Å²) in [5.74, 6) is -0.314. The molecule has 34 heavy (non-hydrogen) atoms. The maximum absolute atomic E-state index is 12.8. The lowest BCUT2D eigenvalue weighted by Gasteiger charge is -2.11. The van der Waals surface area contributed by atoms with Gasteiger partial charge in [0.2, 0.25) is 0 Å². The molecule has 2 N–H and O–H groups in total. The molecule has 0 bridgehead atoms. The number of amides is 2. The summed E-state index contributed by atoms with van der Waals surface area (Å²) in [6.45, 7) is 0. The third-order valence-electron chi connectivity index (χ3n) is 4.89. The van der Waals surface area contributed by atoms with Crippen molar-refractivity contribution in [1.29, 1.82) is 0 Å². The van der Waals surface area contributed by atoms with Gasteiger partial charge in [0.25, 0.3) is 17.5 Å². The van der Waals surface area contributed by atoms with Crippen molar-refractivity contribution in [2.75, 3.05) is 17.7 Å². The fourth-order valence-electron chi connectivity index (χ4n) is 3.19. The average molecular weight is 457 g/mol. The first-order valence-electron chi connectivity index (χ1n) is 10.1. The summed E-state index contributed by atoms with van der Waals surface area (Å²) < 4.78 is 6.60. The van der Waals surface area contributed by atoms with E-state index < -0.39 is 16.7 Å². The predicted molar refractivity (Wildman–Crippen MR) is 126 cm³/mol. The van der Waals surface area contributed by atoms with Crippen LogP contribution in [-0.2, 0) is 0 Å². The Bertz CT molecular complexity index is 1360. The quantitative estimate of drug-likeness (QED) is 0.315. The predicted octanol–water partition coefficient (Wildman–Crippen LogP) is 4.29. The molecule has 0 aliphatic heterocycles.